The number of carbonyl (C=O) groups is 2. The molecule has 4 nitrogen and oxygen atoms in total. The number of amides is 2. The van der Waals surface area contributed by atoms with Crippen molar-refractivity contribution in [1.29, 1.82) is 0 Å². The van der Waals surface area contributed by atoms with Crippen molar-refractivity contribution in [2.24, 2.45) is 0 Å². The molecule has 98 valence electrons. The molecule has 1 rings (SSSR count). The Hall–Kier alpha value is -1.07. The maximum atomic E-state index is 11.5. The van der Waals surface area contributed by atoms with Crippen LogP contribution in [0.25, 0.3) is 0 Å². The molecule has 0 aliphatic heterocycles. The van der Waals surface area contributed by atoms with Gasteiger partial charge < -0.3 is 10.6 Å². The lowest BCUT2D eigenvalue weighted by Gasteiger charge is -2.09. The molecule has 0 bridgehead atoms. The number of alkyl halides is 1. The third kappa shape index (κ3) is 4.66. The molecule has 0 atom stereocenters. The van der Waals surface area contributed by atoms with Crippen LogP contribution >= 0.6 is 27.5 Å². The first kappa shape index (κ1) is 15.0. The van der Waals surface area contributed by atoms with Gasteiger partial charge in [0.25, 0.3) is 0 Å². The molecular formula is C12H14BrClN2O2. The van der Waals surface area contributed by atoms with Gasteiger partial charge in [-0.25, -0.2) is 0 Å². The normalized spacial score (nSPS) is 9.94. The van der Waals surface area contributed by atoms with Gasteiger partial charge in [-0.2, -0.15) is 0 Å². The highest BCUT2D eigenvalue weighted by Gasteiger charge is 2.07. The number of anilines is 2. The number of hydrogen-bond donors (Lipinski definition) is 2. The van der Waals surface area contributed by atoms with Gasteiger partial charge in [-0.15, -0.1) is 0 Å². The van der Waals surface area contributed by atoms with Gasteiger partial charge in [-0.05, 0) is 18.2 Å². The Morgan fingerprint density at radius 1 is 1.28 bits per heavy atom. The minimum Gasteiger partial charge on any atom is -0.326 e. The second kappa shape index (κ2) is 7.38. The smallest absolute Gasteiger partial charge is 0.225 e. The molecule has 2 N–H and O–H groups in total. The average molecular weight is 334 g/mol. The van der Waals surface area contributed by atoms with E-state index in [1.807, 2.05) is 0 Å². The number of carbonyl (C=O) groups excluding carboxylic acids is 2. The summed E-state index contributed by atoms with van der Waals surface area (Å²) in [4.78, 5) is 22.7. The molecule has 6 heteroatoms. The van der Waals surface area contributed by atoms with E-state index < -0.39 is 0 Å². The quantitative estimate of drug-likeness (QED) is 0.811. The molecule has 0 fully saturated rings. The fourth-order valence-electron chi connectivity index (χ4n) is 1.25. The lowest BCUT2D eigenvalue weighted by molar-refractivity contribution is -0.116. The predicted molar refractivity (Wildman–Crippen MR) is 77.4 cm³/mol. The van der Waals surface area contributed by atoms with E-state index in [4.69, 9.17) is 11.6 Å². The lowest BCUT2D eigenvalue weighted by Crippen LogP contribution is -2.13. The Labute approximate surface area is 119 Å². The molecule has 0 saturated carbocycles. The molecule has 0 aliphatic carbocycles. The van der Waals surface area contributed by atoms with E-state index in [2.05, 4.69) is 26.6 Å². The molecule has 0 spiro atoms. The van der Waals surface area contributed by atoms with Crippen LogP contribution in [-0.2, 0) is 9.59 Å². The summed E-state index contributed by atoms with van der Waals surface area (Å²) < 4.78 is 0. The van der Waals surface area contributed by atoms with Crippen molar-refractivity contribution in [3.63, 3.8) is 0 Å². The minimum atomic E-state index is -0.132. The van der Waals surface area contributed by atoms with Crippen molar-refractivity contribution in [1.82, 2.24) is 0 Å². The zero-order valence-electron chi connectivity index (χ0n) is 9.93. The molecule has 1 aromatic carbocycles. The van der Waals surface area contributed by atoms with Crippen LogP contribution in [0.15, 0.2) is 18.2 Å². The van der Waals surface area contributed by atoms with E-state index >= 15 is 0 Å². The summed E-state index contributed by atoms with van der Waals surface area (Å²) in [5.41, 5.74) is 1.11. The number of hydrogen-bond acceptors (Lipinski definition) is 2. The van der Waals surface area contributed by atoms with Crippen molar-refractivity contribution in [3.05, 3.63) is 23.2 Å². The molecule has 0 saturated heterocycles. The maximum absolute atomic E-state index is 11.5. The Morgan fingerprint density at radius 2 is 2.00 bits per heavy atom. The van der Waals surface area contributed by atoms with Crippen LogP contribution in [0.3, 0.4) is 0 Å². The second-order valence-corrected chi connectivity index (χ2v) is 4.78. The van der Waals surface area contributed by atoms with E-state index in [0.717, 1.165) is 0 Å². The number of halogens is 2. The molecule has 0 unspecified atom stereocenters. The van der Waals surface area contributed by atoms with Gasteiger partial charge in [0.1, 0.15) is 0 Å². The fourth-order valence-corrected chi connectivity index (χ4v) is 1.77. The van der Waals surface area contributed by atoms with E-state index in [0.29, 0.717) is 34.6 Å². The topological polar surface area (TPSA) is 58.2 Å². The third-order valence-corrected chi connectivity index (χ3v) is 2.89. The van der Waals surface area contributed by atoms with Crippen LogP contribution in [0, 0.1) is 0 Å². The summed E-state index contributed by atoms with van der Waals surface area (Å²) in [7, 11) is 0. The van der Waals surface area contributed by atoms with E-state index in [9.17, 15) is 9.59 Å². The van der Waals surface area contributed by atoms with Crippen LogP contribution < -0.4 is 10.6 Å². The molecule has 0 radical (unpaired) electrons. The van der Waals surface area contributed by atoms with E-state index in [1.54, 1.807) is 25.1 Å². The highest BCUT2D eigenvalue weighted by molar-refractivity contribution is 9.09. The van der Waals surface area contributed by atoms with Crippen molar-refractivity contribution < 1.29 is 9.59 Å². The minimum absolute atomic E-state index is 0.0879. The summed E-state index contributed by atoms with van der Waals surface area (Å²) in [6, 6.07) is 4.97. The van der Waals surface area contributed by atoms with E-state index in [1.165, 1.54) is 0 Å². The van der Waals surface area contributed by atoms with Gasteiger partial charge in [0.15, 0.2) is 0 Å². The number of nitrogens with one attached hydrogen (secondary N) is 2. The van der Waals surface area contributed by atoms with Crippen molar-refractivity contribution in [3.8, 4) is 0 Å². The predicted octanol–water partition coefficient (Wildman–Crippen LogP) is 3.41. The van der Waals surface area contributed by atoms with Gasteiger partial charge >= 0.3 is 0 Å². The van der Waals surface area contributed by atoms with Crippen LogP contribution in [-0.4, -0.2) is 17.1 Å². The highest BCUT2D eigenvalue weighted by atomic mass is 79.9. The van der Waals surface area contributed by atoms with Gasteiger partial charge in [0, 0.05) is 23.9 Å². The summed E-state index contributed by atoms with van der Waals surface area (Å²) in [5, 5.41) is 6.42. The van der Waals surface area contributed by atoms with Gasteiger partial charge in [0.05, 0.1) is 10.7 Å². The van der Waals surface area contributed by atoms with Crippen LogP contribution in [0.5, 0.6) is 0 Å². The van der Waals surface area contributed by atoms with Crippen molar-refractivity contribution >= 4 is 50.7 Å². The maximum Gasteiger partial charge on any atom is 0.225 e. The van der Waals surface area contributed by atoms with Crippen LogP contribution in [0.4, 0.5) is 11.4 Å². The van der Waals surface area contributed by atoms with Gasteiger partial charge in [0.2, 0.25) is 11.8 Å². The van der Waals surface area contributed by atoms with Gasteiger partial charge in [-0.1, -0.05) is 34.5 Å². The SMILES string of the molecule is CCC(=O)Nc1ccc(Cl)c(NC(=O)CCBr)c1. The van der Waals surface area contributed by atoms with Crippen LogP contribution in [0.1, 0.15) is 19.8 Å². The Morgan fingerprint density at radius 3 is 2.61 bits per heavy atom. The second-order valence-electron chi connectivity index (χ2n) is 3.58. The molecule has 0 aliphatic rings. The molecule has 1 aromatic rings. The van der Waals surface area contributed by atoms with Crippen molar-refractivity contribution in [2.75, 3.05) is 16.0 Å². The first-order valence-corrected chi connectivity index (χ1v) is 7.02. The largest absolute Gasteiger partial charge is 0.326 e. The van der Waals surface area contributed by atoms with Crippen molar-refractivity contribution in [2.45, 2.75) is 19.8 Å². The molecule has 2 amide bonds. The average Bonchev–Trinajstić information content (AvgIpc) is 2.33. The molecule has 0 aromatic heterocycles. The number of rotatable bonds is 5. The first-order chi connectivity index (χ1) is 8.56. The number of benzene rings is 1. The standard InChI is InChI=1S/C12H14BrClN2O2/c1-2-11(17)15-8-3-4-9(14)10(7-8)16-12(18)5-6-13/h3-4,7H,2,5-6H2,1H3,(H,15,17)(H,16,18). The highest BCUT2D eigenvalue weighted by Crippen LogP contribution is 2.25. The molecule has 18 heavy (non-hydrogen) atoms. The fraction of sp³-hybridized carbons (Fsp3) is 0.333. The summed E-state index contributed by atoms with van der Waals surface area (Å²) >= 11 is 9.16. The third-order valence-electron chi connectivity index (χ3n) is 2.17. The summed E-state index contributed by atoms with van der Waals surface area (Å²) in [5.74, 6) is -0.220. The van der Waals surface area contributed by atoms with Gasteiger partial charge in [-0.3, -0.25) is 9.59 Å². The first-order valence-electron chi connectivity index (χ1n) is 5.52. The zero-order valence-corrected chi connectivity index (χ0v) is 12.3. The zero-order chi connectivity index (χ0) is 13.5. The molecular weight excluding hydrogens is 320 g/mol. The van der Waals surface area contributed by atoms with E-state index in [-0.39, 0.29) is 11.8 Å². The Balaban J connectivity index is 2.80. The summed E-state index contributed by atoms with van der Waals surface area (Å²) in [6.07, 6.45) is 0.760. The Bertz CT molecular complexity index is 452. The monoisotopic (exact) mass is 332 g/mol. The lowest BCUT2D eigenvalue weighted by atomic mass is 10.2. The molecule has 0 heterocycles. The summed E-state index contributed by atoms with van der Waals surface area (Å²) in [6.45, 7) is 1.77. The Kier molecular flexibility index (Phi) is 6.15. The van der Waals surface area contributed by atoms with Crippen LogP contribution in [0.2, 0.25) is 5.02 Å².